The first-order valence-corrected chi connectivity index (χ1v) is 9.99. The van der Waals surface area contributed by atoms with Crippen LogP contribution in [-0.2, 0) is 0 Å². The van der Waals surface area contributed by atoms with Gasteiger partial charge in [0.05, 0.1) is 30.1 Å². The third-order valence-electron chi connectivity index (χ3n) is 5.43. The fourth-order valence-electron chi connectivity index (χ4n) is 3.57. The lowest BCUT2D eigenvalue weighted by molar-refractivity contribution is 0.0951. The quantitative estimate of drug-likeness (QED) is 0.683. The van der Waals surface area contributed by atoms with Crippen molar-refractivity contribution in [3.63, 3.8) is 0 Å². The van der Waals surface area contributed by atoms with Gasteiger partial charge in [-0.25, -0.2) is 4.68 Å². The maximum Gasteiger partial charge on any atom is 0.278 e. The molecule has 3 N–H and O–H groups in total. The van der Waals surface area contributed by atoms with Gasteiger partial charge in [0.1, 0.15) is 5.75 Å². The average Bonchev–Trinajstić information content (AvgIpc) is 3.47. The maximum absolute atomic E-state index is 12.9. The highest BCUT2D eigenvalue weighted by molar-refractivity contribution is 6.08. The standard InChI is InChI=1S/C20H26N6O3/c1-12-18(24-25-26(12)14-7-9-21-10-8-14)20(28)23-17-6-5-15(29-2)11-16(17)19(27)22-13-3-4-13/h5-6,11,13-14,21H,3-4,7-10H2,1-2H3,(H,22,27)(H,23,28). The van der Waals surface area contributed by atoms with E-state index in [4.69, 9.17) is 4.74 Å². The molecule has 1 aromatic carbocycles. The van der Waals surface area contributed by atoms with E-state index in [2.05, 4.69) is 26.3 Å². The predicted molar refractivity (Wildman–Crippen MR) is 107 cm³/mol. The minimum absolute atomic E-state index is 0.212. The molecule has 2 fully saturated rings. The molecule has 1 aliphatic heterocycles. The van der Waals surface area contributed by atoms with E-state index in [0.29, 0.717) is 17.0 Å². The highest BCUT2D eigenvalue weighted by Gasteiger charge is 2.27. The van der Waals surface area contributed by atoms with E-state index in [0.717, 1.165) is 44.5 Å². The Morgan fingerprint density at radius 2 is 1.93 bits per heavy atom. The van der Waals surface area contributed by atoms with Crippen molar-refractivity contribution >= 4 is 17.5 Å². The SMILES string of the molecule is COc1ccc(NC(=O)c2nnn(C3CCNCC3)c2C)c(C(=O)NC2CC2)c1. The van der Waals surface area contributed by atoms with Crippen LogP contribution in [0.4, 0.5) is 5.69 Å². The van der Waals surface area contributed by atoms with Crippen LogP contribution in [0.1, 0.15) is 58.3 Å². The Balaban J connectivity index is 1.55. The summed E-state index contributed by atoms with van der Waals surface area (Å²) in [6.07, 6.45) is 3.87. The number of carbonyl (C=O) groups excluding carboxylic acids is 2. The second-order valence-electron chi connectivity index (χ2n) is 7.56. The molecule has 154 valence electrons. The Bertz CT molecular complexity index is 915. The Kier molecular flexibility index (Phi) is 5.48. The van der Waals surface area contributed by atoms with Crippen molar-refractivity contribution in [1.29, 1.82) is 0 Å². The average molecular weight is 398 g/mol. The molecule has 2 aliphatic rings. The number of ether oxygens (including phenoxy) is 1. The van der Waals surface area contributed by atoms with Gasteiger partial charge in [-0.1, -0.05) is 5.21 Å². The van der Waals surface area contributed by atoms with Gasteiger partial charge in [-0.05, 0) is 63.9 Å². The summed E-state index contributed by atoms with van der Waals surface area (Å²) in [5.74, 6) is -0.0536. The Labute approximate surface area is 169 Å². The zero-order chi connectivity index (χ0) is 20.4. The van der Waals surface area contributed by atoms with Crippen molar-refractivity contribution in [1.82, 2.24) is 25.6 Å². The molecule has 29 heavy (non-hydrogen) atoms. The van der Waals surface area contributed by atoms with E-state index >= 15 is 0 Å². The third kappa shape index (κ3) is 4.24. The van der Waals surface area contributed by atoms with E-state index in [1.807, 2.05) is 11.6 Å². The number of benzene rings is 1. The van der Waals surface area contributed by atoms with Crippen LogP contribution in [-0.4, -0.2) is 53.0 Å². The molecule has 1 saturated carbocycles. The van der Waals surface area contributed by atoms with Gasteiger partial charge in [0.25, 0.3) is 11.8 Å². The summed E-state index contributed by atoms with van der Waals surface area (Å²) in [6, 6.07) is 5.47. The molecule has 2 heterocycles. The first-order chi connectivity index (χ1) is 14.1. The lowest BCUT2D eigenvalue weighted by Gasteiger charge is -2.23. The van der Waals surface area contributed by atoms with Crippen molar-refractivity contribution in [3.8, 4) is 5.75 Å². The molecule has 4 rings (SSSR count). The van der Waals surface area contributed by atoms with E-state index in [9.17, 15) is 9.59 Å². The second-order valence-corrected chi connectivity index (χ2v) is 7.56. The van der Waals surface area contributed by atoms with Gasteiger partial charge in [0, 0.05) is 6.04 Å². The zero-order valence-electron chi connectivity index (χ0n) is 16.7. The summed E-state index contributed by atoms with van der Waals surface area (Å²) >= 11 is 0. The largest absolute Gasteiger partial charge is 0.497 e. The molecule has 9 nitrogen and oxygen atoms in total. The van der Waals surface area contributed by atoms with Crippen molar-refractivity contribution in [2.45, 2.75) is 44.7 Å². The molecule has 1 saturated heterocycles. The first-order valence-electron chi connectivity index (χ1n) is 9.99. The van der Waals surface area contributed by atoms with Crippen molar-refractivity contribution in [3.05, 3.63) is 35.2 Å². The molecule has 1 aromatic heterocycles. The van der Waals surface area contributed by atoms with Crippen LogP contribution < -0.4 is 20.7 Å². The number of aromatic nitrogens is 3. The number of methoxy groups -OCH3 is 1. The topological polar surface area (TPSA) is 110 Å². The Hall–Kier alpha value is -2.94. The number of piperidine rings is 1. The van der Waals surface area contributed by atoms with Gasteiger partial charge < -0.3 is 20.7 Å². The molecule has 2 amide bonds. The van der Waals surface area contributed by atoms with Crippen molar-refractivity contribution in [2.75, 3.05) is 25.5 Å². The van der Waals surface area contributed by atoms with Crippen LogP contribution in [0.5, 0.6) is 5.75 Å². The summed E-state index contributed by atoms with van der Waals surface area (Å²) < 4.78 is 7.07. The van der Waals surface area contributed by atoms with Crippen molar-refractivity contribution < 1.29 is 14.3 Å². The number of nitrogens with zero attached hydrogens (tertiary/aromatic N) is 3. The third-order valence-corrected chi connectivity index (χ3v) is 5.43. The smallest absolute Gasteiger partial charge is 0.278 e. The van der Waals surface area contributed by atoms with Gasteiger partial charge >= 0.3 is 0 Å². The number of amides is 2. The molecular weight excluding hydrogens is 372 g/mol. The molecule has 9 heteroatoms. The Morgan fingerprint density at radius 3 is 2.62 bits per heavy atom. The number of rotatable bonds is 6. The van der Waals surface area contributed by atoms with Gasteiger partial charge in [-0.2, -0.15) is 0 Å². The monoisotopic (exact) mass is 398 g/mol. The van der Waals surface area contributed by atoms with Crippen LogP contribution in [0, 0.1) is 6.92 Å². The zero-order valence-corrected chi connectivity index (χ0v) is 16.7. The summed E-state index contributed by atoms with van der Waals surface area (Å²) in [6.45, 7) is 3.71. The number of carbonyl (C=O) groups is 2. The van der Waals surface area contributed by atoms with E-state index in [1.165, 1.54) is 0 Å². The summed E-state index contributed by atoms with van der Waals surface area (Å²) in [4.78, 5) is 25.5. The van der Waals surface area contributed by atoms with Crippen LogP contribution in [0.2, 0.25) is 0 Å². The van der Waals surface area contributed by atoms with E-state index in [-0.39, 0.29) is 29.6 Å². The summed E-state index contributed by atoms with van der Waals surface area (Å²) in [7, 11) is 1.54. The molecule has 0 unspecified atom stereocenters. The molecule has 0 spiro atoms. The highest BCUT2D eigenvalue weighted by Crippen LogP contribution is 2.26. The van der Waals surface area contributed by atoms with Crippen molar-refractivity contribution in [2.24, 2.45) is 0 Å². The fourth-order valence-corrected chi connectivity index (χ4v) is 3.57. The minimum Gasteiger partial charge on any atom is -0.497 e. The lowest BCUT2D eigenvalue weighted by Crippen LogP contribution is -2.30. The van der Waals surface area contributed by atoms with Gasteiger partial charge in [0.2, 0.25) is 0 Å². The van der Waals surface area contributed by atoms with E-state index < -0.39 is 0 Å². The number of nitrogens with one attached hydrogen (secondary N) is 3. The van der Waals surface area contributed by atoms with Gasteiger partial charge in [0.15, 0.2) is 5.69 Å². The summed E-state index contributed by atoms with van der Waals surface area (Å²) in [5, 5.41) is 17.4. The van der Waals surface area contributed by atoms with Gasteiger partial charge in [-0.3, -0.25) is 9.59 Å². The first kappa shape index (κ1) is 19.4. The molecule has 0 bridgehead atoms. The molecule has 1 aliphatic carbocycles. The minimum atomic E-state index is -0.381. The van der Waals surface area contributed by atoms with Crippen LogP contribution >= 0.6 is 0 Å². The molecule has 0 radical (unpaired) electrons. The normalized spacial score (nSPS) is 17.0. The number of hydrogen-bond acceptors (Lipinski definition) is 6. The lowest BCUT2D eigenvalue weighted by atomic mass is 10.1. The van der Waals surface area contributed by atoms with Crippen LogP contribution in [0.25, 0.3) is 0 Å². The predicted octanol–water partition coefficient (Wildman–Crippen LogP) is 1.66. The number of hydrogen-bond donors (Lipinski definition) is 3. The van der Waals surface area contributed by atoms with Gasteiger partial charge in [-0.15, -0.1) is 5.10 Å². The summed E-state index contributed by atoms with van der Waals surface area (Å²) in [5.41, 5.74) is 1.79. The fraction of sp³-hybridized carbons (Fsp3) is 0.500. The molecule has 2 aromatic rings. The Morgan fingerprint density at radius 1 is 1.17 bits per heavy atom. The van der Waals surface area contributed by atoms with Crippen LogP contribution in [0.15, 0.2) is 18.2 Å². The maximum atomic E-state index is 12.9. The molecular formula is C20H26N6O3. The second kappa shape index (κ2) is 8.20. The number of anilines is 1. The molecule has 0 atom stereocenters. The highest BCUT2D eigenvalue weighted by atomic mass is 16.5. The van der Waals surface area contributed by atoms with Crippen LogP contribution in [0.3, 0.4) is 0 Å². The van der Waals surface area contributed by atoms with E-state index in [1.54, 1.807) is 25.3 Å².